The Morgan fingerprint density at radius 2 is 2.00 bits per heavy atom. The third-order valence-corrected chi connectivity index (χ3v) is 3.57. The van der Waals surface area contributed by atoms with Gasteiger partial charge in [-0.05, 0) is 17.5 Å². The quantitative estimate of drug-likeness (QED) is 0.641. The second-order valence-electron chi connectivity index (χ2n) is 4.45. The molecule has 1 aromatic carbocycles. The summed E-state index contributed by atoms with van der Waals surface area (Å²) in [5, 5.41) is 19.6. The van der Waals surface area contributed by atoms with E-state index in [1.54, 1.807) is 0 Å². The van der Waals surface area contributed by atoms with Gasteiger partial charge in [-0.25, -0.2) is 0 Å². The molecule has 1 aromatic rings. The predicted molar refractivity (Wildman–Crippen MR) is 56.5 cm³/mol. The van der Waals surface area contributed by atoms with E-state index >= 15 is 0 Å². The van der Waals surface area contributed by atoms with Crippen LogP contribution in [0.5, 0.6) is 0 Å². The second-order valence-corrected chi connectivity index (χ2v) is 4.45. The van der Waals surface area contributed by atoms with Gasteiger partial charge in [-0.15, -0.1) is 0 Å². The largest absolute Gasteiger partial charge is 0.389 e. The van der Waals surface area contributed by atoms with Gasteiger partial charge in [-0.2, -0.15) is 0 Å². The molecule has 3 nitrogen and oxygen atoms in total. The van der Waals surface area contributed by atoms with Gasteiger partial charge in [-0.1, -0.05) is 24.3 Å². The summed E-state index contributed by atoms with van der Waals surface area (Å²) < 4.78 is 0. The maximum atomic E-state index is 9.95. The van der Waals surface area contributed by atoms with E-state index in [1.165, 1.54) is 11.1 Å². The van der Waals surface area contributed by atoms with E-state index in [1.807, 2.05) is 12.1 Å². The first-order valence-electron chi connectivity index (χ1n) is 5.45. The van der Waals surface area contributed by atoms with Crippen molar-refractivity contribution in [1.29, 1.82) is 0 Å². The molecule has 2 N–H and O–H groups in total. The summed E-state index contributed by atoms with van der Waals surface area (Å²) in [6, 6.07) is 8.22. The van der Waals surface area contributed by atoms with Crippen molar-refractivity contribution >= 4 is 0 Å². The van der Waals surface area contributed by atoms with E-state index in [9.17, 15) is 10.2 Å². The third kappa shape index (κ3) is 1.31. The Balaban J connectivity index is 2.05. The second kappa shape index (κ2) is 3.30. The molecule has 0 spiro atoms. The molecule has 2 aliphatic rings. The standard InChI is InChI=1S/C12H15NO2/c14-10-7-13-6-5-8-3-1-2-4-9(8)11(13)12(10)15/h1-4,10-12,14-15H,5-7H2/t10-,11+,12-/m1/s1. The van der Waals surface area contributed by atoms with Gasteiger partial charge in [0.25, 0.3) is 0 Å². The molecule has 0 bridgehead atoms. The summed E-state index contributed by atoms with van der Waals surface area (Å²) in [6.45, 7) is 1.54. The lowest BCUT2D eigenvalue weighted by atomic mass is 9.91. The van der Waals surface area contributed by atoms with Crippen molar-refractivity contribution in [2.24, 2.45) is 0 Å². The Bertz CT molecular complexity index is 380. The Hall–Kier alpha value is -0.900. The van der Waals surface area contributed by atoms with Gasteiger partial charge in [0, 0.05) is 13.1 Å². The summed E-state index contributed by atoms with van der Waals surface area (Å²) in [6.07, 6.45) is -0.209. The van der Waals surface area contributed by atoms with Crippen molar-refractivity contribution in [3.05, 3.63) is 35.4 Å². The predicted octanol–water partition coefficient (Wildman–Crippen LogP) is 0.321. The fourth-order valence-electron chi connectivity index (χ4n) is 2.81. The van der Waals surface area contributed by atoms with Gasteiger partial charge in [0.15, 0.2) is 0 Å². The summed E-state index contributed by atoms with van der Waals surface area (Å²) in [4.78, 5) is 2.18. The van der Waals surface area contributed by atoms with Crippen molar-refractivity contribution in [2.45, 2.75) is 24.7 Å². The van der Waals surface area contributed by atoms with E-state index in [0.29, 0.717) is 6.54 Å². The zero-order valence-corrected chi connectivity index (χ0v) is 8.50. The molecule has 3 rings (SSSR count). The van der Waals surface area contributed by atoms with Gasteiger partial charge in [0.05, 0.1) is 12.1 Å². The minimum atomic E-state index is -0.633. The summed E-state index contributed by atoms with van der Waals surface area (Å²) in [5.74, 6) is 0. The molecule has 3 atom stereocenters. The zero-order chi connectivity index (χ0) is 10.4. The summed E-state index contributed by atoms with van der Waals surface area (Å²) in [7, 11) is 0. The number of fused-ring (bicyclic) bond motifs is 3. The lowest BCUT2D eigenvalue weighted by Crippen LogP contribution is -2.34. The molecule has 1 saturated heterocycles. The van der Waals surface area contributed by atoms with Gasteiger partial charge in [0.1, 0.15) is 6.10 Å². The maximum absolute atomic E-state index is 9.95. The molecule has 0 aliphatic carbocycles. The minimum Gasteiger partial charge on any atom is -0.389 e. The third-order valence-electron chi connectivity index (χ3n) is 3.57. The molecule has 80 valence electrons. The number of hydrogen-bond donors (Lipinski definition) is 2. The van der Waals surface area contributed by atoms with Crippen LogP contribution < -0.4 is 0 Å². The highest BCUT2D eigenvalue weighted by molar-refractivity contribution is 5.34. The van der Waals surface area contributed by atoms with Gasteiger partial charge < -0.3 is 10.2 Å². The Kier molecular flexibility index (Phi) is 2.06. The highest BCUT2D eigenvalue weighted by Crippen LogP contribution is 2.37. The van der Waals surface area contributed by atoms with E-state index < -0.39 is 12.2 Å². The molecule has 0 radical (unpaired) electrons. The molecule has 0 saturated carbocycles. The molecule has 3 heteroatoms. The highest BCUT2D eigenvalue weighted by Gasteiger charge is 2.42. The number of aliphatic hydroxyl groups is 2. The number of benzene rings is 1. The Labute approximate surface area is 89.0 Å². The highest BCUT2D eigenvalue weighted by atomic mass is 16.3. The van der Waals surface area contributed by atoms with Crippen LogP contribution in [0.25, 0.3) is 0 Å². The molecule has 0 unspecified atom stereocenters. The molecule has 1 fully saturated rings. The first-order valence-corrected chi connectivity index (χ1v) is 5.45. The number of nitrogens with zero attached hydrogens (tertiary/aromatic N) is 1. The van der Waals surface area contributed by atoms with Crippen LogP contribution >= 0.6 is 0 Å². The van der Waals surface area contributed by atoms with Crippen molar-refractivity contribution < 1.29 is 10.2 Å². The topological polar surface area (TPSA) is 43.7 Å². The molecule has 0 aromatic heterocycles. The first kappa shape index (κ1) is 9.33. The van der Waals surface area contributed by atoms with Crippen molar-refractivity contribution in [3.8, 4) is 0 Å². The van der Waals surface area contributed by atoms with Crippen molar-refractivity contribution in [2.75, 3.05) is 13.1 Å². The smallest absolute Gasteiger partial charge is 0.101 e. The normalized spacial score (nSPS) is 34.9. The summed E-state index contributed by atoms with van der Waals surface area (Å²) in [5.41, 5.74) is 2.50. The number of hydrogen-bond acceptors (Lipinski definition) is 3. The molecular weight excluding hydrogens is 190 g/mol. The average Bonchev–Trinajstić information content (AvgIpc) is 2.55. The molecular formula is C12H15NO2. The van der Waals surface area contributed by atoms with Gasteiger partial charge >= 0.3 is 0 Å². The Morgan fingerprint density at radius 1 is 1.20 bits per heavy atom. The fourth-order valence-corrected chi connectivity index (χ4v) is 2.81. The van der Waals surface area contributed by atoms with Crippen molar-refractivity contribution in [1.82, 2.24) is 4.90 Å². The SMILES string of the molecule is O[C@@H]1[C@H](O)CN2CCc3ccccc3[C@@H]12. The van der Waals surface area contributed by atoms with E-state index in [2.05, 4.69) is 17.0 Å². The summed E-state index contributed by atoms with van der Waals surface area (Å²) >= 11 is 0. The first-order chi connectivity index (χ1) is 7.27. The number of aliphatic hydroxyl groups excluding tert-OH is 2. The van der Waals surface area contributed by atoms with Gasteiger partial charge in [-0.3, -0.25) is 4.90 Å². The van der Waals surface area contributed by atoms with Crippen molar-refractivity contribution in [3.63, 3.8) is 0 Å². The number of rotatable bonds is 0. The van der Waals surface area contributed by atoms with Crippen LogP contribution in [0.2, 0.25) is 0 Å². The zero-order valence-electron chi connectivity index (χ0n) is 8.50. The Morgan fingerprint density at radius 3 is 2.87 bits per heavy atom. The molecule has 2 heterocycles. The van der Waals surface area contributed by atoms with Crippen LogP contribution in [-0.2, 0) is 6.42 Å². The lowest BCUT2D eigenvalue weighted by molar-refractivity contribution is 0.0360. The monoisotopic (exact) mass is 205 g/mol. The molecule has 15 heavy (non-hydrogen) atoms. The van der Waals surface area contributed by atoms with Crippen LogP contribution in [0.1, 0.15) is 17.2 Å². The maximum Gasteiger partial charge on any atom is 0.101 e. The minimum absolute atomic E-state index is 0.00458. The van der Waals surface area contributed by atoms with Crippen LogP contribution in [0.4, 0.5) is 0 Å². The van der Waals surface area contributed by atoms with Crippen LogP contribution in [0.3, 0.4) is 0 Å². The lowest BCUT2D eigenvalue weighted by Gasteiger charge is -2.32. The van der Waals surface area contributed by atoms with Crippen LogP contribution in [-0.4, -0.2) is 40.4 Å². The van der Waals surface area contributed by atoms with Gasteiger partial charge in [0.2, 0.25) is 0 Å². The average molecular weight is 205 g/mol. The van der Waals surface area contributed by atoms with Crippen LogP contribution in [0.15, 0.2) is 24.3 Å². The fraction of sp³-hybridized carbons (Fsp3) is 0.500. The molecule has 0 amide bonds. The van der Waals surface area contributed by atoms with E-state index in [4.69, 9.17) is 0 Å². The van der Waals surface area contributed by atoms with Crippen LogP contribution in [0, 0.1) is 0 Å². The van der Waals surface area contributed by atoms with E-state index in [-0.39, 0.29) is 6.04 Å². The van der Waals surface area contributed by atoms with E-state index in [0.717, 1.165) is 13.0 Å². The molecule has 2 aliphatic heterocycles.